The van der Waals surface area contributed by atoms with E-state index in [1.807, 2.05) is 54.8 Å². The molecular formula is C23H19N3O4S. The van der Waals surface area contributed by atoms with Gasteiger partial charge in [0.05, 0.1) is 29.7 Å². The number of benzene rings is 2. The quantitative estimate of drug-likeness (QED) is 0.449. The van der Waals surface area contributed by atoms with E-state index in [-0.39, 0.29) is 25.1 Å². The second-order valence-electron chi connectivity index (χ2n) is 7.38. The zero-order valence-electron chi connectivity index (χ0n) is 16.8. The van der Waals surface area contributed by atoms with Gasteiger partial charge in [0, 0.05) is 16.3 Å². The van der Waals surface area contributed by atoms with Crippen molar-refractivity contribution < 1.29 is 14.3 Å². The van der Waals surface area contributed by atoms with Gasteiger partial charge in [0.25, 0.3) is 5.56 Å². The molecule has 156 valence electrons. The molecule has 1 aliphatic heterocycles. The Morgan fingerprint density at radius 2 is 1.87 bits per heavy atom. The van der Waals surface area contributed by atoms with Crippen LogP contribution in [0.25, 0.3) is 22.0 Å². The van der Waals surface area contributed by atoms with Crippen molar-refractivity contribution in [3.8, 4) is 11.3 Å². The summed E-state index contributed by atoms with van der Waals surface area (Å²) in [6.45, 7) is 2.24. The number of ether oxygens (including phenoxy) is 2. The minimum Gasteiger partial charge on any atom is -0.434 e. The maximum atomic E-state index is 13.0. The van der Waals surface area contributed by atoms with Gasteiger partial charge in [-0.25, -0.2) is 14.5 Å². The zero-order valence-corrected chi connectivity index (χ0v) is 17.6. The first-order valence-electron chi connectivity index (χ1n) is 9.88. The molecule has 0 saturated carbocycles. The van der Waals surface area contributed by atoms with Crippen LogP contribution in [0.1, 0.15) is 16.3 Å². The second kappa shape index (κ2) is 8.05. The van der Waals surface area contributed by atoms with Crippen molar-refractivity contribution in [3.05, 3.63) is 80.5 Å². The van der Waals surface area contributed by atoms with Gasteiger partial charge in [-0.2, -0.15) is 5.10 Å². The maximum Gasteiger partial charge on any atom is 0.334 e. The summed E-state index contributed by atoms with van der Waals surface area (Å²) in [6.07, 6.45) is -0.415. The van der Waals surface area contributed by atoms with Crippen molar-refractivity contribution in [2.45, 2.75) is 26.2 Å². The van der Waals surface area contributed by atoms with Crippen LogP contribution < -0.4 is 5.56 Å². The van der Waals surface area contributed by atoms with Gasteiger partial charge >= 0.3 is 5.97 Å². The Morgan fingerprint density at radius 1 is 1.10 bits per heavy atom. The van der Waals surface area contributed by atoms with Crippen molar-refractivity contribution in [3.63, 3.8) is 0 Å². The molecule has 5 rings (SSSR count). The van der Waals surface area contributed by atoms with Crippen LogP contribution in [0.5, 0.6) is 0 Å². The number of hydrogen-bond donors (Lipinski definition) is 0. The highest BCUT2D eigenvalue weighted by Gasteiger charge is 2.26. The predicted octanol–water partition coefficient (Wildman–Crippen LogP) is 3.32. The van der Waals surface area contributed by atoms with Gasteiger partial charge in [-0.15, -0.1) is 11.3 Å². The first kappa shape index (κ1) is 19.6. The third-order valence-electron chi connectivity index (χ3n) is 5.14. The molecule has 2 aromatic heterocycles. The van der Waals surface area contributed by atoms with Crippen LogP contribution in [-0.2, 0) is 27.2 Å². The Morgan fingerprint density at radius 3 is 2.61 bits per heavy atom. The molecule has 2 aromatic carbocycles. The zero-order chi connectivity index (χ0) is 21.4. The van der Waals surface area contributed by atoms with E-state index in [1.165, 1.54) is 21.6 Å². The third-order valence-corrected chi connectivity index (χ3v) is 5.97. The summed E-state index contributed by atoms with van der Waals surface area (Å²) >= 11 is 1.49. The fourth-order valence-corrected chi connectivity index (χ4v) is 4.35. The predicted molar refractivity (Wildman–Crippen MR) is 117 cm³/mol. The Balaban J connectivity index is 1.48. The van der Waals surface area contributed by atoms with Crippen molar-refractivity contribution >= 4 is 28.1 Å². The fraction of sp³-hybridized carbons (Fsp3) is 0.217. The molecule has 4 aromatic rings. The molecule has 1 saturated heterocycles. The van der Waals surface area contributed by atoms with Gasteiger partial charge in [-0.05, 0) is 13.0 Å². The Hall–Kier alpha value is -3.36. The smallest absolute Gasteiger partial charge is 0.334 e. The molecule has 0 amide bonds. The number of aromatic nitrogens is 3. The average molecular weight is 433 g/mol. The highest BCUT2D eigenvalue weighted by molar-refractivity contribution is 7.09. The summed E-state index contributed by atoms with van der Waals surface area (Å²) in [4.78, 5) is 29.1. The molecule has 8 heteroatoms. The number of aryl methyl sites for hydroxylation is 1. The van der Waals surface area contributed by atoms with E-state index in [9.17, 15) is 9.59 Å². The summed E-state index contributed by atoms with van der Waals surface area (Å²) in [7, 11) is 0. The van der Waals surface area contributed by atoms with Crippen molar-refractivity contribution in [1.82, 2.24) is 14.8 Å². The van der Waals surface area contributed by atoms with Gasteiger partial charge in [-0.1, -0.05) is 48.0 Å². The molecular weight excluding hydrogens is 414 g/mol. The molecule has 0 radical (unpaired) electrons. The first-order chi connectivity index (χ1) is 15.1. The molecule has 1 unspecified atom stereocenters. The topological polar surface area (TPSA) is 83.3 Å². The number of nitrogens with zero attached hydrogens (tertiary/aromatic N) is 3. The number of carbonyl (C=O) groups is 1. The lowest BCUT2D eigenvalue weighted by Crippen LogP contribution is -2.26. The van der Waals surface area contributed by atoms with Gasteiger partial charge in [-0.3, -0.25) is 4.79 Å². The molecule has 1 fully saturated rings. The van der Waals surface area contributed by atoms with Crippen LogP contribution in [0, 0.1) is 6.92 Å². The minimum atomic E-state index is -0.692. The van der Waals surface area contributed by atoms with E-state index < -0.39 is 12.3 Å². The lowest BCUT2D eigenvalue weighted by atomic mass is 10.1. The molecule has 0 aliphatic carbocycles. The number of cyclic esters (lactones) is 1. The Labute approximate surface area is 181 Å². The van der Waals surface area contributed by atoms with Crippen LogP contribution in [0.4, 0.5) is 0 Å². The van der Waals surface area contributed by atoms with Crippen molar-refractivity contribution in [2.24, 2.45) is 0 Å². The van der Waals surface area contributed by atoms with Gasteiger partial charge in [0.15, 0.2) is 0 Å². The molecule has 0 N–H and O–H groups in total. The van der Waals surface area contributed by atoms with E-state index in [0.29, 0.717) is 11.1 Å². The standard InChI is InChI=1S/C23H19N3O4S/c1-14-6-8-15(9-7-14)19-13-31-20(24-19)11-26-23(28)17-5-3-2-4-16(17)18(25-26)10-22-29-12-21(27)30-22/h2-9,13,22H,10-12H2,1H3. The lowest BCUT2D eigenvalue weighted by molar-refractivity contribution is -0.142. The van der Waals surface area contributed by atoms with E-state index in [4.69, 9.17) is 14.5 Å². The minimum absolute atomic E-state index is 0.0663. The second-order valence-corrected chi connectivity index (χ2v) is 8.32. The number of thiazole rings is 1. The van der Waals surface area contributed by atoms with Crippen LogP contribution in [-0.4, -0.2) is 33.6 Å². The summed E-state index contributed by atoms with van der Waals surface area (Å²) in [5.74, 6) is -0.394. The normalized spacial score (nSPS) is 16.0. The highest BCUT2D eigenvalue weighted by atomic mass is 32.1. The van der Waals surface area contributed by atoms with Crippen LogP contribution >= 0.6 is 11.3 Å². The van der Waals surface area contributed by atoms with Crippen LogP contribution in [0.2, 0.25) is 0 Å². The molecule has 0 bridgehead atoms. The summed E-state index contributed by atoms with van der Waals surface area (Å²) in [5.41, 5.74) is 3.56. The van der Waals surface area contributed by atoms with Crippen LogP contribution in [0.3, 0.4) is 0 Å². The van der Waals surface area contributed by atoms with E-state index in [1.54, 1.807) is 6.07 Å². The fourth-order valence-electron chi connectivity index (χ4n) is 3.57. The lowest BCUT2D eigenvalue weighted by Gasteiger charge is -2.12. The molecule has 7 nitrogen and oxygen atoms in total. The number of esters is 1. The SMILES string of the molecule is Cc1ccc(-c2csc(Cn3nc(CC4OCC(=O)O4)c4ccccc4c3=O)n2)cc1. The number of hydrogen-bond acceptors (Lipinski definition) is 7. The molecule has 31 heavy (non-hydrogen) atoms. The largest absolute Gasteiger partial charge is 0.434 e. The van der Waals surface area contributed by atoms with E-state index in [0.717, 1.165) is 21.7 Å². The van der Waals surface area contributed by atoms with Gasteiger partial charge in [0.2, 0.25) is 6.29 Å². The Bertz CT molecular complexity index is 1330. The van der Waals surface area contributed by atoms with Gasteiger partial charge < -0.3 is 9.47 Å². The maximum absolute atomic E-state index is 13.0. The summed E-state index contributed by atoms with van der Waals surface area (Å²) in [5, 5.41) is 8.64. The van der Waals surface area contributed by atoms with Gasteiger partial charge in [0.1, 0.15) is 11.6 Å². The molecule has 1 aliphatic rings. The summed E-state index contributed by atoms with van der Waals surface area (Å²) in [6, 6.07) is 15.5. The highest BCUT2D eigenvalue weighted by Crippen LogP contribution is 2.23. The van der Waals surface area contributed by atoms with E-state index >= 15 is 0 Å². The summed E-state index contributed by atoms with van der Waals surface area (Å²) < 4.78 is 11.9. The third kappa shape index (κ3) is 3.99. The van der Waals surface area contributed by atoms with Crippen LogP contribution in [0.15, 0.2) is 58.7 Å². The monoisotopic (exact) mass is 433 g/mol. The number of rotatable bonds is 5. The van der Waals surface area contributed by atoms with Crippen molar-refractivity contribution in [2.75, 3.05) is 6.61 Å². The van der Waals surface area contributed by atoms with Crippen molar-refractivity contribution in [1.29, 1.82) is 0 Å². The average Bonchev–Trinajstić information content (AvgIpc) is 3.41. The number of fused-ring (bicyclic) bond motifs is 1. The molecule has 1 atom stereocenters. The molecule has 0 spiro atoms. The van der Waals surface area contributed by atoms with E-state index in [2.05, 4.69) is 5.10 Å². The molecule has 3 heterocycles. The first-order valence-corrected chi connectivity index (χ1v) is 10.8. The Kier molecular flexibility index (Phi) is 5.09. The number of carbonyl (C=O) groups excluding carboxylic acids is 1.